The molecule has 11 nitrogen and oxygen atoms in total. The highest BCUT2D eigenvalue weighted by atomic mass is 19.1. The third kappa shape index (κ3) is 4.26. The SMILES string of the molecule is COc1ccc(N2C(=O)[C@@H](C)N(C3CCOCC3)c3nc(Nc4cc(F)c5[nH]ncc5c4)ncc32)cc1C#N. The Morgan fingerprint density at radius 1 is 1.23 bits per heavy atom. The molecule has 0 bridgehead atoms. The molecule has 0 unspecified atom stereocenters. The van der Waals surface area contributed by atoms with E-state index in [-0.39, 0.29) is 17.9 Å². The van der Waals surface area contributed by atoms with Crippen LogP contribution in [0, 0.1) is 17.1 Å². The number of amides is 1. The molecule has 4 heterocycles. The van der Waals surface area contributed by atoms with Crippen molar-refractivity contribution in [3.05, 3.63) is 54.1 Å². The topological polar surface area (TPSA) is 132 Å². The van der Waals surface area contributed by atoms with Gasteiger partial charge in [-0.25, -0.2) is 9.37 Å². The van der Waals surface area contributed by atoms with Gasteiger partial charge in [0.1, 0.15) is 29.1 Å². The maximum atomic E-state index is 14.6. The quantitative estimate of drug-likeness (QED) is 0.392. The highest BCUT2D eigenvalue weighted by molar-refractivity contribution is 6.10. The van der Waals surface area contributed by atoms with Crippen molar-refractivity contribution in [3.63, 3.8) is 0 Å². The zero-order valence-corrected chi connectivity index (χ0v) is 21.3. The summed E-state index contributed by atoms with van der Waals surface area (Å²) >= 11 is 0. The fourth-order valence-electron chi connectivity index (χ4n) is 5.24. The number of hydrogen-bond acceptors (Lipinski definition) is 9. The average molecular weight is 529 g/mol. The van der Waals surface area contributed by atoms with E-state index in [0.717, 1.165) is 12.8 Å². The summed E-state index contributed by atoms with van der Waals surface area (Å²) in [6.45, 7) is 3.02. The zero-order chi connectivity index (χ0) is 27.1. The van der Waals surface area contributed by atoms with Crippen molar-refractivity contribution in [3.8, 4) is 11.8 Å². The third-order valence-corrected chi connectivity index (χ3v) is 7.13. The standard InChI is InChI=1S/C27H25FN8O3/c1-15-26(37)36(20-3-4-23(38-2)16(10-20)12-29)22-14-30-27(33-25(22)35(15)19-5-7-39-8-6-19)32-18-9-17-13-31-34-24(17)21(28)11-18/h3-4,9-11,13-15,19H,5-8H2,1-2H3,(H,31,34)(H,30,32,33)/t15-/m1/s1. The van der Waals surface area contributed by atoms with Gasteiger partial charge < -0.3 is 19.7 Å². The summed E-state index contributed by atoms with van der Waals surface area (Å²) in [5.74, 6) is 0.612. The molecule has 0 spiro atoms. The lowest BCUT2D eigenvalue weighted by Gasteiger charge is -2.45. The molecule has 1 amide bonds. The van der Waals surface area contributed by atoms with Gasteiger partial charge in [-0.15, -0.1) is 0 Å². The molecule has 2 aromatic carbocycles. The maximum absolute atomic E-state index is 14.6. The molecule has 4 aromatic rings. The van der Waals surface area contributed by atoms with Crippen LogP contribution < -0.4 is 19.9 Å². The molecule has 12 heteroatoms. The Balaban J connectivity index is 1.45. The molecule has 1 atom stereocenters. The molecule has 0 saturated carbocycles. The fourth-order valence-corrected chi connectivity index (χ4v) is 5.24. The minimum absolute atomic E-state index is 0.0339. The van der Waals surface area contributed by atoms with E-state index >= 15 is 0 Å². The second-order valence-corrected chi connectivity index (χ2v) is 9.42. The summed E-state index contributed by atoms with van der Waals surface area (Å²) in [5, 5.41) is 19.9. The number of carbonyl (C=O) groups is 1. The molecule has 2 aliphatic heterocycles. The number of anilines is 5. The minimum atomic E-state index is -0.546. The number of carbonyl (C=O) groups excluding carboxylic acids is 1. The minimum Gasteiger partial charge on any atom is -0.495 e. The van der Waals surface area contributed by atoms with E-state index in [1.807, 2.05) is 11.8 Å². The number of hydrogen-bond donors (Lipinski definition) is 2. The van der Waals surface area contributed by atoms with Crippen molar-refractivity contribution in [2.45, 2.75) is 31.8 Å². The van der Waals surface area contributed by atoms with Crippen LogP contribution in [0.15, 0.2) is 42.7 Å². The monoisotopic (exact) mass is 528 g/mol. The van der Waals surface area contributed by atoms with E-state index in [1.54, 1.807) is 36.7 Å². The van der Waals surface area contributed by atoms with E-state index in [0.29, 0.717) is 58.3 Å². The summed E-state index contributed by atoms with van der Waals surface area (Å²) in [4.78, 5) is 26.7. The van der Waals surface area contributed by atoms with E-state index in [2.05, 4.69) is 26.6 Å². The first-order valence-corrected chi connectivity index (χ1v) is 12.5. The molecule has 2 aromatic heterocycles. The van der Waals surface area contributed by atoms with Gasteiger partial charge in [-0.2, -0.15) is 15.3 Å². The molecule has 0 aliphatic carbocycles. The van der Waals surface area contributed by atoms with Crippen LogP contribution in [0.2, 0.25) is 0 Å². The van der Waals surface area contributed by atoms with E-state index in [4.69, 9.17) is 14.5 Å². The number of nitriles is 1. The van der Waals surface area contributed by atoms with Crippen LogP contribution in [-0.4, -0.2) is 58.5 Å². The van der Waals surface area contributed by atoms with Crippen molar-refractivity contribution >= 4 is 45.6 Å². The molecule has 1 fully saturated rings. The number of halogens is 1. The summed E-state index contributed by atoms with van der Waals surface area (Å²) in [6.07, 6.45) is 4.60. The van der Waals surface area contributed by atoms with Crippen LogP contribution in [0.25, 0.3) is 10.9 Å². The van der Waals surface area contributed by atoms with Gasteiger partial charge in [0.25, 0.3) is 5.91 Å². The molecular formula is C27H25FN8O3. The number of nitrogens with one attached hydrogen (secondary N) is 2. The van der Waals surface area contributed by atoms with E-state index in [1.165, 1.54) is 18.1 Å². The lowest BCUT2D eigenvalue weighted by atomic mass is 10.0. The van der Waals surface area contributed by atoms with Gasteiger partial charge in [0.2, 0.25) is 5.95 Å². The Morgan fingerprint density at radius 3 is 2.82 bits per heavy atom. The fraction of sp³-hybridized carbons (Fsp3) is 0.296. The number of rotatable bonds is 5. The molecular weight excluding hydrogens is 503 g/mol. The van der Waals surface area contributed by atoms with Gasteiger partial charge in [-0.05, 0) is 50.1 Å². The largest absolute Gasteiger partial charge is 0.495 e. The lowest BCUT2D eigenvalue weighted by molar-refractivity contribution is -0.119. The lowest BCUT2D eigenvalue weighted by Crippen LogP contribution is -2.56. The molecule has 198 valence electrons. The number of fused-ring (bicyclic) bond motifs is 2. The summed E-state index contributed by atoms with van der Waals surface area (Å²) < 4.78 is 25.4. The Kier molecular flexibility index (Phi) is 6.20. The first kappa shape index (κ1) is 24.6. The van der Waals surface area contributed by atoms with Crippen molar-refractivity contribution in [1.29, 1.82) is 5.26 Å². The van der Waals surface area contributed by atoms with E-state index < -0.39 is 11.9 Å². The highest BCUT2D eigenvalue weighted by Gasteiger charge is 2.41. The predicted molar refractivity (Wildman–Crippen MR) is 142 cm³/mol. The van der Waals surface area contributed by atoms with Crippen LogP contribution in [-0.2, 0) is 9.53 Å². The van der Waals surface area contributed by atoms with Crippen LogP contribution >= 0.6 is 0 Å². The van der Waals surface area contributed by atoms with Crippen molar-refractivity contribution in [2.24, 2.45) is 0 Å². The first-order valence-electron chi connectivity index (χ1n) is 12.5. The number of benzene rings is 2. The average Bonchev–Trinajstić information content (AvgIpc) is 3.43. The molecule has 6 rings (SSSR count). The number of methoxy groups -OCH3 is 1. The molecule has 2 aliphatic rings. The van der Waals surface area contributed by atoms with Gasteiger partial charge in [0.15, 0.2) is 11.6 Å². The number of nitrogens with zero attached hydrogens (tertiary/aromatic N) is 6. The van der Waals surface area contributed by atoms with Gasteiger partial charge in [-0.3, -0.25) is 14.8 Å². The maximum Gasteiger partial charge on any atom is 0.254 e. The predicted octanol–water partition coefficient (Wildman–Crippen LogP) is 4.17. The van der Waals surface area contributed by atoms with Gasteiger partial charge >= 0.3 is 0 Å². The van der Waals surface area contributed by atoms with Crippen LogP contribution in [0.4, 0.5) is 33.2 Å². The van der Waals surface area contributed by atoms with Gasteiger partial charge in [0.05, 0.1) is 30.8 Å². The first-order chi connectivity index (χ1) is 19.0. The van der Waals surface area contributed by atoms with Crippen molar-refractivity contribution in [2.75, 3.05) is 35.4 Å². The molecule has 0 radical (unpaired) electrons. The molecule has 1 saturated heterocycles. The van der Waals surface area contributed by atoms with E-state index in [9.17, 15) is 14.4 Å². The smallest absolute Gasteiger partial charge is 0.254 e. The number of ether oxygens (including phenoxy) is 2. The Hall–Kier alpha value is -4.76. The highest BCUT2D eigenvalue weighted by Crippen LogP contribution is 2.42. The normalized spacial score (nSPS) is 17.7. The van der Waals surface area contributed by atoms with Crippen LogP contribution in [0.1, 0.15) is 25.3 Å². The van der Waals surface area contributed by atoms with Crippen LogP contribution in [0.5, 0.6) is 5.75 Å². The summed E-state index contributed by atoms with van der Waals surface area (Å²) in [5.41, 5.74) is 2.08. The molecule has 2 N–H and O–H groups in total. The summed E-state index contributed by atoms with van der Waals surface area (Å²) in [7, 11) is 1.49. The van der Waals surface area contributed by atoms with Crippen molar-refractivity contribution < 1.29 is 18.7 Å². The number of H-pyrrole nitrogens is 1. The van der Waals surface area contributed by atoms with Crippen LogP contribution in [0.3, 0.4) is 0 Å². The Bertz CT molecular complexity index is 1610. The second kappa shape index (κ2) is 9.85. The van der Waals surface area contributed by atoms with Gasteiger partial charge in [-0.1, -0.05) is 0 Å². The Labute approximate surface area is 223 Å². The zero-order valence-electron chi connectivity index (χ0n) is 21.3. The molecule has 39 heavy (non-hydrogen) atoms. The third-order valence-electron chi connectivity index (χ3n) is 7.13. The van der Waals surface area contributed by atoms with Gasteiger partial charge in [0, 0.05) is 30.3 Å². The number of aromatic nitrogens is 4. The second-order valence-electron chi connectivity index (χ2n) is 9.42. The Morgan fingerprint density at radius 2 is 2.05 bits per heavy atom. The number of aromatic amines is 1. The van der Waals surface area contributed by atoms with Crippen molar-refractivity contribution in [1.82, 2.24) is 20.2 Å². The summed E-state index contributed by atoms with van der Waals surface area (Å²) in [6, 6.07) is 9.71.